The number of amides is 2. The molecule has 3 aliphatic rings. The summed E-state index contributed by atoms with van der Waals surface area (Å²) in [6, 6.07) is 9.87. The first-order valence-corrected chi connectivity index (χ1v) is 12.5. The minimum atomic E-state index is -1.01. The number of ether oxygens (including phenoxy) is 2. The summed E-state index contributed by atoms with van der Waals surface area (Å²) >= 11 is 1.62. The van der Waals surface area contributed by atoms with Gasteiger partial charge in [-0.05, 0) is 55.0 Å². The number of carbonyl (C=O) groups is 2. The maximum atomic E-state index is 13.8. The summed E-state index contributed by atoms with van der Waals surface area (Å²) in [6.45, 7) is 2.85. The molecule has 8 heteroatoms. The largest absolute Gasteiger partial charge is 0.454 e. The van der Waals surface area contributed by atoms with E-state index in [0.717, 1.165) is 41.5 Å². The highest BCUT2D eigenvalue weighted by Crippen LogP contribution is 2.37. The normalized spacial score (nSPS) is 22.6. The molecule has 0 unspecified atom stereocenters. The molecule has 1 fully saturated rings. The molecule has 1 saturated carbocycles. The Hall–Kier alpha value is -3.00. The third kappa shape index (κ3) is 3.39. The summed E-state index contributed by atoms with van der Waals surface area (Å²) in [5.74, 6) is 1.18. The van der Waals surface area contributed by atoms with Gasteiger partial charge in [0.05, 0.1) is 16.8 Å². The summed E-state index contributed by atoms with van der Waals surface area (Å²) in [7, 11) is 0. The fraction of sp³-hybridized carbons (Fsp3) is 0.440. The Kier molecular flexibility index (Phi) is 4.87. The van der Waals surface area contributed by atoms with Gasteiger partial charge in [-0.25, -0.2) is 0 Å². The van der Waals surface area contributed by atoms with E-state index >= 15 is 0 Å². The van der Waals surface area contributed by atoms with Gasteiger partial charge in [0.15, 0.2) is 11.5 Å². The van der Waals surface area contributed by atoms with Gasteiger partial charge in [-0.2, -0.15) is 0 Å². The van der Waals surface area contributed by atoms with E-state index in [1.54, 1.807) is 16.2 Å². The van der Waals surface area contributed by atoms with Crippen LogP contribution in [0.2, 0.25) is 0 Å². The Bertz CT molecular complexity index is 1240. The van der Waals surface area contributed by atoms with Gasteiger partial charge in [-0.3, -0.25) is 9.59 Å². The molecule has 4 heterocycles. The van der Waals surface area contributed by atoms with E-state index in [9.17, 15) is 9.59 Å². The van der Waals surface area contributed by atoms with Gasteiger partial charge in [0, 0.05) is 12.6 Å². The van der Waals surface area contributed by atoms with Crippen LogP contribution in [-0.4, -0.2) is 39.7 Å². The Morgan fingerprint density at radius 3 is 2.82 bits per heavy atom. The minimum Gasteiger partial charge on any atom is -0.454 e. The maximum absolute atomic E-state index is 13.8. The van der Waals surface area contributed by atoms with Crippen molar-refractivity contribution < 1.29 is 19.1 Å². The van der Waals surface area contributed by atoms with Crippen LogP contribution < -0.4 is 14.8 Å². The van der Waals surface area contributed by atoms with Crippen LogP contribution in [0.25, 0.3) is 10.2 Å². The number of hydrogen-bond acceptors (Lipinski definition) is 5. The van der Waals surface area contributed by atoms with E-state index in [0.29, 0.717) is 30.3 Å². The maximum Gasteiger partial charge on any atom is 0.271 e. The highest BCUT2D eigenvalue weighted by Gasteiger charge is 2.48. The van der Waals surface area contributed by atoms with Crippen molar-refractivity contribution in [2.75, 3.05) is 6.79 Å². The fourth-order valence-electron chi connectivity index (χ4n) is 5.33. The van der Waals surface area contributed by atoms with Crippen molar-refractivity contribution in [1.82, 2.24) is 14.8 Å². The molecule has 2 aromatic heterocycles. The van der Waals surface area contributed by atoms with Crippen molar-refractivity contribution in [1.29, 1.82) is 0 Å². The smallest absolute Gasteiger partial charge is 0.271 e. The summed E-state index contributed by atoms with van der Waals surface area (Å²) in [4.78, 5) is 29.3. The zero-order valence-electron chi connectivity index (χ0n) is 18.6. The molecule has 0 bridgehead atoms. The molecule has 2 amide bonds. The molecule has 0 radical (unpaired) electrons. The van der Waals surface area contributed by atoms with Crippen molar-refractivity contribution in [3.8, 4) is 11.5 Å². The number of fused-ring (bicyclic) bond motifs is 4. The van der Waals surface area contributed by atoms with Crippen molar-refractivity contribution in [3.05, 3.63) is 47.0 Å². The molecule has 6 rings (SSSR count). The van der Waals surface area contributed by atoms with E-state index in [1.165, 1.54) is 6.42 Å². The number of nitrogens with one attached hydrogen (secondary N) is 1. The van der Waals surface area contributed by atoms with Gasteiger partial charge in [0.25, 0.3) is 5.91 Å². The average Bonchev–Trinajstić information content (AvgIpc) is 3.54. The summed E-state index contributed by atoms with van der Waals surface area (Å²) in [6.07, 6.45) is 5.50. The first kappa shape index (κ1) is 20.6. The number of aromatic nitrogens is 1. The highest BCUT2D eigenvalue weighted by molar-refractivity contribution is 7.17. The topological polar surface area (TPSA) is 72.8 Å². The molecule has 0 spiro atoms. The Morgan fingerprint density at radius 1 is 1.15 bits per heavy atom. The van der Waals surface area contributed by atoms with Crippen LogP contribution in [-0.2, 0) is 17.9 Å². The molecular formula is C25H27N3O4S. The van der Waals surface area contributed by atoms with Crippen LogP contribution >= 0.6 is 11.3 Å². The average molecular weight is 466 g/mol. The molecule has 3 aromatic rings. The first-order chi connectivity index (χ1) is 16.0. The highest BCUT2D eigenvalue weighted by atomic mass is 32.1. The van der Waals surface area contributed by atoms with E-state index in [4.69, 9.17) is 9.47 Å². The molecule has 2 aliphatic heterocycles. The van der Waals surface area contributed by atoms with Crippen molar-refractivity contribution in [2.24, 2.45) is 0 Å². The molecule has 172 valence electrons. The number of rotatable bonds is 4. The van der Waals surface area contributed by atoms with Gasteiger partial charge in [-0.1, -0.05) is 25.3 Å². The van der Waals surface area contributed by atoms with E-state index in [2.05, 4.69) is 5.32 Å². The van der Waals surface area contributed by atoms with Gasteiger partial charge in [0.1, 0.15) is 11.2 Å². The van der Waals surface area contributed by atoms with Crippen molar-refractivity contribution in [3.63, 3.8) is 0 Å². The number of hydrogen-bond donors (Lipinski definition) is 1. The molecule has 1 aliphatic carbocycles. The predicted octanol–water partition coefficient (Wildman–Crippen LogP) is 4.30. The lowest BCUT2D eigenvalue weighted by molar-refractivity contribution is -0.134. The van der Waals surface area contributed by atoms with Crippen LogP contribution in [0.1, 0.15) is 55.1 Å². The first-order valence-electron chi connectivity index (χ1n) is 11.6. The standard InChI is InChI=1S/C25H27N3O4S/c1-25(24(30)26-17-5-3-2-4-6-17)14-27-18-9-10-33-22(18)12-19(27)23(29)28(25)13-16-7-8-20-21(11-16)32-15-31-20/h7-12,17H,2-6,13-15H2,1H3,(H,26,30)/t25-/m1/s1. The Balaban J connectivity index is 1.37. The number of thiophene rings is 1. The van der Waals surface area contributed by atoms with Crippen molar-refractivity contribution >= 4 is 33.4 Å². The molecule has 7 nitrogen and oxygen atoms in total. The second kappa shape index (κ2) is 7.80. The third-order valence-corrected chi connectivity index (χ3v) is 8.11. The molecule has 1 N–H and O–H groups in total. The Labute approximate surface area is 196 Å². The predicted molar refractivity (Wildman–Crippen MR) is 126 cm³/mol. The minimum absolute atomic E-state index is 0.0776. The van der Waals surface area contributed by atoms with Crippen LogP contribution in [0, 0.1) is 0 Å². The molecular weight excluding hydrogens is 438 g/mol. The zero-order chi connectivity index (χ0) is 22.6. The molecule has 1 aromatic carbocycles. The second-order valence-electron chi connectivity index (χ2n) is 9.45. The third-order valence-electron chi connectivity index (χ3n) is 7.26. The van der Waals surface area contributed by atoms with E-state index in [1.807, 2.05) is 47.2 Å². The molecule has 0 saturated heterocycles. The second-order valence-corrected chi connectivity index (χ2v) is 10.4. The zero-order valence-corrected chi connectivity index (χ0v) is 19.5. The van der Waals surface area contributed by atoms with Gasteiger partial charge in [-0.15, -0.1) is 11.3 Å². The molecule has 1 atom stereocenters. The summed E-state index contributed by atoms with van der Waals surface area (Å²) in [5, 5.41) is 5.31. The van der Waals surface area contributed by atoms with Crippen LogP contribution in [0.4, 0.5) is 0 Å². The monoisotopic (exact) mass is 465 g/mol. The lowest BCUT2D eigenvalue weighted by atomic mass is 9.91. The van der Waals surface area contributed by atoms with E-state index in [-0.39, 0.29) is 24.6 Å². The van der Waals surface area contributed by atoms with E-state index < -0.39 is 5.54 Å². The van der Waals surface area contributed by atoms with Gasteiger partial charge >= 0.3 is 0 Å². The quantitative estimate of drug-likeness (QED) is 0.624. The lowest BCUT2D eigenvalue weighted by Gasteiger charge is -2.45. The fourth-order valence-corrected chi connectivity index (χ4v) is 6.15. The van der Waals surface area contributed by atoms with Crippen molar-refractivity contribution in [2.45, 2.75) is 63.7 Å². The van der Waals surface area contributed by atoms with Crippen LogP contribution in [0.15, 0.2) is 35.7 Å². The summed E-state index contributed by atoms with van der Waals surface area (Å²) in [5.41, 5.74) is 1.56. The number of carbonyl (C=O) groups excluding carboxylic acids is 2. The van der Waals surface area contributed by atoms with Crippen LogP contribution in [0.5, 0.6) is 11.5 Å². The summed E-state index contributed by atoms with van der Waals surface area (Å²) < 4.78 is 14.1. The number of nitrogens with zero attached hydrogens (tertiary/aromatic N) is 2. The SMILES string of the molecule is C[C@]1(C(=O)NC2CCCCC2)Cn2c(cc3sccc32)C(=O)N1Cc1ccc2c(c1)OCO2. The Morgan fingerprint density at radius 2 is 1.97 bits per heavy atom. The molecule has 33 heavy (non-hydrogen) atoms. The van der Waals surface area contributed by atoms with Gasteiger partial charge < -0.3 is 24.3 Å². The van der Waals surface area contributed by atoms with Gasteiger partial charge in [0.2, 0.25) is 12.7 Å². The van der Waals surface area contributed by atoms with Crippen LogP contribution in [0.3, 0.4) is 0 Å². The lowest BCUT2D eigenvalue weighted by Crippen LogP contribution is -2.64. The number of benzene rings is 1.